The molecule has 2 unspecified atom stereocenters. The average Bonchev–Trinajstić information content (AvgIpc) is 2.80. The van der Waals surface area contributed by atoms with E-state index >= 15 is 0 Å². The highest BCUT2D eigenvalue weighted by Crippen LogP contribution is 2.45. The van der Waals surface area contributed by atoms with Crippen LogP contribution in [0.25, 0.3) is 0 Å². The Labute approximate surface area is 249 Å². The summed E-state index contributed by atoms with van der Waals surface area (Å²) in [4.78, 5) is 25.6. The van der Waals surface area contributed by atoms with Crippen LogP contribution in [0.15, 0.2) is 0 Å². The lowest BCUT2D eigenvalue weighted by atomic mass is 9.71. The lowest BCUT2D eigenvalue weighted by molar-refractivity contribution is -0.272. The summed E-state index contributed by atoms with van der Waals surface area (Å²) in [5, 5.41) is 11.7. The van der Waals surface area contributed by atoms with Crippen LogP contribution in [0.4, 0.5) is 17.8 Å². The van der Waals surface area contributed by atoms with Gasteiger partial charge in [0, 0.05) is 34.2 Å². The van der Waals surface area contributed by atoms with Crippen LogP contribution in [0.2, 0.25) is 0 Å². The van der Waals surface area contributed by atoms with E-state index in [9.17, 15) is 0 Å². The predicted octanol–water partition coefficient (Wildman–Crippen LogP) is 6.28. The number of nitrogen functional groups attached to an aromatic ring is 1. The second-order valence-electron chi connectivity index (χ2n) is 15.0. The van der Waals surface area contributed by atoms with Crippen molar-refractivity contribution in [3.63, 3.8) is 0 Å². The summed E-state index contributed by atoms with van der Waals surface area (Å²) in [7, 11) is 3.56. The molecular formula is C31H60N8O2. The number of rotatable bonds is 12. The summed E-state index contributed by atoms with van der Waals surface area (Å²) in [5.74, 6) is 2.20. The fourth-order valence-electron chi connectivity index (χ4n) is 8.57. The molecule has 0 spiro atoms. The van der Waals surface area contributed by atoms with Crippen molar-refractivity contribution in [2.24, 2.45) is 11.8 Å². The quantitative estimate of drug-likeness (QED) is 0.263. The number of nitrogens with two attached hydrogens (primary N) is 1. The minimum atomic E-state index is -0.0903. The van der Waals surface area contributed by atoms with Crippen molar-refractivity contribution in [1.29, 1.82) is 0 Å². The molecule has 3 rings (SSSR count). The highest BCUT2D eigenvalue weighted by molar-refractivity contribution is 5.41. The number of anilines is 3. The third-order valence-corrected chi connectivity index (χ3v) is 9.23. The summed E-state index contributed by atoms with van der Waals surface area (Å²) in [6.07, 6.45) is 8.24. The zero-order valence-electron chi connectivity index (χ0n) is 28.1. The van der Waals surface area contributed by atoms with Gasteiger partial charge < -0.3 is 26.0 Å². The van der Waals surface area contributed by atoms with E-state index in [-0.39, 0.29) is 40.2 Å². The maximum Gasteiger partial charge on any atom is 0.229 e. The molecule has 0 aromatic carbocycles. The molecule has 2 aliphatic heterocycles. The van der Waals surface area contributed by atoms with Gasteiger partial charge in [-0.1, -0.05) is 26.7 Å². The maximum absolute atomic E-state index is 6.27. The van der Waals surface area contributed by atoms with E-state index in [4.69, 9.17) is 20.4 Å². The largest absolute Gasteiger partial charge is 0.368 e. The lowest BCUT2D eigenvalue weighted by Gasteiger charge is -2.54. The molecule has 0 saturated carbocycles. The number of aromatic nitrogens is 3. The van der Waals surface area contributed by atoms with Crippen LogP contribution < -0.4 is 16.4 Å². The monoisotopic (exact) mass is 576 g/mol. The van der Waals surface area contributed by atoms with Crippen LogP contribution in [0.1, 0.15) is 121 Å². The van der Waals surface area contributed by atoms with Gasteiger partial charge in [0.05, 0.1) is 14.2 Å². The molecule has 41 heavy (non-hydrogen) atoms. The topological polar surface area (TPSA) is 114 Å². The lowest BCUT2D eigenvalue weighted by Crippen LogP contribution is -2.61. The molecule has 0 radical (unpaired) electrons. The van der Waals surface area contributed by atoms with Gasteiger partial charge in [0.2, 0.25) is 17.8 Å². The van der Waals surface area contributed by atoms with Crippen molar-refractivity contribution < 1.29 is 9.68 Å². The van der Waals surface area contributed by atoms with Crippen LogP contribution in [0, 0.1) is 11.8 Å². The van der Waals surface area contributed by atoms with Crippen LogP contribution >= 0.6 is 0 Å². The third kappa shape index (κ3) is 7.80. The second-order valence-corrected chi connectivity index (χ2v) is 15.0. The Kier molecular flexibility index (Phi) is 10.6. The summed E-state index contributed by atoms with van der Waals surface area (Å²) in [5.41, 5.74) is 5.91. The fraction of sp³-hybridized carbons (Fsp3) is 0.903. The Hall–Kier alpha value is -1.75. The molecule has 236 valence electrons. The van der Waals surface area contributed by atoms with Crippen LogP contribution in [-0.4, -0.2) is 73.5 Å². The van der Waals surface area contributed by atoms with Crippen LogP contribution in [-0.2, 0) is 9.68 Å². The molecule has 10 heteroatoms. The van der Waals surface area contributed by atoms with Crippen molar-refractivity contribution in [2.75, 3.05) is 30.6 Å². The molecule has 10 nitrogen and oxygen atoms in total. The van der Waals surface area contributed by atoms with E-state index in [1.54, 1.807) is 14.2 Å². The molecule has 3 heterocycles. The zero-order chi connectivity index (χ0) is 30.8. The molecule has 0 aliphatic carbocycles. The van der Waals surface area contributed by atoms with Crippen molar-refractivity contribution in [1.82, 2.24) is 25.1 Å². The molecule has 2 aliphatic rings. The van der Waals surface area contributed by atoms with Crippen molar-refractivity contribution in [2.45, 2.75) is 155 Å². The van der Waals surface area contributed by atoms with Crippen molar-refractivity contribution in [3.8, 4) is 0 Å². The molecule has 0 bridgehead atoms. The maximum atomic E-state index is 6.27. The Bertz CT molecular complexity index is 888. The van der Waals surface area contributed by atoms with Crippen LogP contribution in [0.3, 0.4) is 0 Å². The molecule has 0 amide bonds. The van der Waals surface area contributed by atoms with E-state index in [1.165, 1.54) is 0 Å². The van der Waals surface area contributed by atoms with E-state index in [0.717, 1.165) is 51.4 Å². The number of hydrogen-bond donors (Lipinski definition) is 3. The van der Waals surface area contributed by atoms with Crippen molar-refractivity contribution >= 4 is 17.8 Å². The summed E-state index contributed by atoms with van der Waals surface area (Å²) in [6, 6.07) is 0.442. The van der Waals surface area contributed by atoms with E-state index < -0.39 is 0 Å². The highest BCUT2D eigenvalue weighted by atomic mass is 16.7. The number of hydrogen-bond acceptors (Lipinski definition) is 10. The molecule has 4 N–H and O–H groups in total. The summed E-state index contributed by atoms with van der Waals surface area (Å²) >= 11 is 0. The molecular weight excluding hydrogens is 516 g/mol. The number of nitrogens with zero attached hydrogens (tertiary/aromatic N) is 5. The Balaban J connectivity index is 1.84. The molecule has 2 atom stereocenters. The minimum Gasteiger partial charge on any atom is -0.368 e. The normalized spacial score (nSPS) is 24.6. The zero-order valence-corrected chi connectivity index (χ0v) is 28.1. The predicted molar refractivity (Wildman–Crippen MR) is 168 cm³/mol. The summed E-state index contributed by atoms with van der Waals surface area (Å²) in [6.45, 7) is 22.6. The smallest absolute Gasteiger partial charge is 0.229 e. The second kappa shape index (κ2) is 12.9. The third-order valence-electron chi connectivity index (χ3n) is 9.23. The SMILES string of the molecule is CCCC(Nc1nc(N)nc(NC(CCC)C2CC(C)(C)N(OC)C(C)(C)C2)n1)C1CC(C)(C)N(OC)C(C)(C)C1. The average molecular weight is 577 g/mol. The van der Waals surface area contributed by atoms with Crippen LogP contribution in [0.5, 0.6) is 0 Å². The summed E-state index contributed by atoms with van der Waals surface area (Å²) < 4.78 is 0. The van der Waals surface area contributed by atoms with E-state index in [1.807, 2.05) is 0 Å². The van der Waals surface area contributed by atoms with E-state index in [0.29, 0.717) is 23.7 Å². The molecule has 2 fully saturated rings. The van der Waals surface area contributed by atoms with Gasteiger partial charge in [-0.15, -0.1) is 0 Å². The van der Waals surface area contributed by atoms with Gasteiger partial charge in [-0.25, -0.2) is 0 Å². The van der Waals surface area contributed by atoms with Gasteiger partial charge in [0.15, 0.2) is 0 Å². The van der Waals surface area contributed by atoms with Gasteiger partial charge in [0.1, 0.15) is 0 Å². The first kappa shape index (κ1) is 33.7. The number of piperidine rings is 2. The highest BCUT2D eigenvalue weighted by Gasteiger charge is 2.49. The fourth-order valence-corrected chi connectivity index (χ4v) is 8.57. The van der Waals surface area contributed by atoms with Gasteiger partial charge >= 0.3 is 0 Å². The standard InChI is InChI=1S/C31H60N8O2/c1-13-15-23(21-17-28(3,4)38(40-11)29(5,6)18-21)33-26-35-25(32)36-27(37-26)34-24(16-14-2)22-19-30(7,8)39(41-12)31(9,10)20-22/h21-24H,13-20H2,1-12H3,(H4,32,33,34,35,36,37). The first-order valence-electron chi connectivity index (χ1n) is 15.7. The Morgan fingerprint density at radius 3 is 1.27 bits per heavy atom. The van der Waals surface area contributed by atoms with Crippen molar-refractivity contribution in [3.05, 3.63) is 0 Å². The molecule has 2 saturated heterocycles. The van der Waals surface area contributed by atoms with Gasteiger partial charge in [-0.05, 0) is 106 Å². The van der Waals surface area contributed by atoms with Gasteiger partial charge in [-0.3, -0.25) is 0 Å². The first-order valence-corrected chi connectivity index (χ1v) is 15.7. The number of hydroxylamine groups is 4. The molecule has 1 aromatic rings. The minimum absolute atomic E-state index is 0.0903. The van der Waals surface area contributed by atoms with Gasteiger partial charge in [-0.2, -0.15) is 25.1 Å². The van der Waals surface area contributed by atoms with Gasteiger partial charge in [0.25, 0.3) is 0 Å². The first-order chi connectivity index (χ1) is 19.0. The number of nitrogens with one attached hydrogen (secondary N) is 2. The Morgan fingerprint density at radius 2 is 1.00 bits per heavy atom. The van der Waals surface area contributed by atoms with E-state index in [2.05, 4.69) is 100.0 Å². The Morgan fingerprint density at radius 1 is 0.683 bits per heavy atom. The molecule has 1 aromatic heterocycles.